The normalized spacial score (nSPS) is 15.5. The summed E-state index contributed by atoms with van der Waals surface area (Å²) in [5, 5.41) is 9.48. The van der Waals surface area contributed by atoms with Crippen molar-refractivity contribution in [2.24, 2.45) is 0 Å². The summed E-state index contributed by atoms with van der Waals surface area (Å²) in [4.78, 5) is 15.1. The van der Waals surface area contributed by atoms with Gasteiger partial charge in [-0.15, -0.1) is 0 Å². The predicted octanol–water partition coefficient (Wildman–Crippen LogP) is 3.73. The van der Waals surface area contributed by atoms with Gasteiger partial charge in [-0.25, -0.2) is 9.37 Å². The Morgan fingerprint density at radius 1 is 1.55 bits per heavy atom. The van der Waals surface area contributed by atoms with Gasteiger partial charge in [-0.05, 0) is 25.3 Å². The number of hydrogen-bond donors (Lipinski definition) is 1. The van der Waals surface area contributed by atoms with Gasteiger partial charge in [-0.3, -0.25) is 4.79 Å². The summed E-state index contributed by atoms with van der Waals surface area (Å²) in [6.07, 6.45) is 3.20. The molecule has 3 rings (SSSR count). The van der Waals surface area contributed by atoms with Crippen molar-refractivity contribution >= 4 is 40.4 Å². The van der Waals surface area contributed by atoms with E-state index in [-0.39, 0.29) is 10.8 Å². The lowest BCUT2D eigenvalue weighted by Gasteiger charge is -2.28. The minimum Gasteiger partial charge on any atom is -0.481 e. The maximum Gasteiger partial charge on any atom is 0.313 e. The fourth-order valence-corrected chi connectivity index (χ4v) is 3.25. The zero-order chi connectivity index (χ0) is 14.3. The Morgan fingerprint density at radius 3 is 2.90 bits per heavy atom. The van der Waals surface area contributed by atoms with Gasteiger partial charge in [-0.2, -0.15) is 0 Å². The Hall–Kier alpha value is -1.27. The molecule has 4 nitrogen and oxygen atoms in total. The molecule has 1 fully saturated rings. The highest BCUT2D eigenvalue weighted by atomic mass is 35.5. The number of benzene rings is 1. The molecule has 0 radical (unpaired) electrons. The summed E-state index contributed by atoms with van der Waals surface area (Å²) in [6, 6.07) is 3.18. The van der Waals surface area contributed by atoms with Gasteiger partial charge in [0.25, 0.3) is 0 Å². The average Bonchev–Trinajstić information content (AvgIpc) is 2.64. The number of aromatic nitrogens is 2. The van der Waals surface area contributed by atoms with Crippen LogP contribution in [0.5, 0.6) is 0 Å². The zero-order valence-electron chi connectivity index (χ0n) is 10.5. The molecule has 1 aromatic heterocycles. The number of carboxylic acids is 1. The molecule has 0 saturated heterocycles. The van der Waals surface area contributed by atoms with E-state index in [4.69, 9.17) is 16.7 Å². The van der Waals surface area contributed by atoms with E-state index >= 15 is 0 Å². The van der Waals surface area contributed by atoms with Gasteiger partial charge in [0.05, 0.1) is 21.8 Å². The van der Waals surface area contributed by atoms with Crippen LogP contribution < -0.4 is 0 Å². The van der Waals surface area contributed by atoms with Crippen LogP contribution in [0.25, 0.3) is 11.0 Å². The lowest BCUT2D eigenvalue weighted by atomic mass is 9.93. The summed E-state index contributed by atoms with van der Waals surface area (Å²) < 4.78 is 15.5. The molecule has 7 heteroatoms. The number of aliphatic carboxylic acids is 1. The van der Waals surface area contributed by atoms with Crippen molar-refractivity contribution in [2.75, 3.05) is 5.75 Å². The Bertz CT molecular complexity index is 685. The van der Waals surface area contributed by atoms with Gasteiger partial charge in [0.15, 0.2) is 5.16 Å². The number of carbonyl (C=O) groups is 1. The maximum absolute atomic E-state index is 13.5. The number of imidazole rings is 1. The number of thioether (sulfide) groups is 1. The van der Waals surface area contributed by atoms with E-state index in [0.717, 1.165) is 36.5 Å². The average molecular weight is 315 g/mol. The van der Waals surface area contributed by atoms with E-state index < -0.39 is 11.8 Å². The molecule has 1 saturated carbocycles. The highest BCUT2D eigenvalue weighted by Gasteiger charge is 2.25. The number of carboxylic acid groups (broad SMARTS) is 1. The first-order chi connectivity index (χ1) is 9.56. The molecule has 0 amide bonds. The van der Waals surface area contributed by atoms with Crippen molar-refractivity contribution in [3.63, 3.8) is 0 Å². The van der Waals surface area contributed by atoms with E-state index in [1.807, 2.05) is 4.57 Å². The number of nitrogens with zero attached hydrogens (tertiary/aromatic N) is 2. The third kappa shape index (κ3) is 2.38. The van der Waals surface area contributed by atoms with E-state index in [9.17, 15) is 9.18 Å². The molecule has 0 atom stereocenters. The van der Waals surface area contributed by atoms with Crippen molar-refractivity contribution in [1.29, 1.82) is 0 Å². The van der Waals surface area contributed by atoms with E-state index in [2.05, 4.69) is 4.98 Å². The van der Waals surface area contributed by atoms with E-state index in [0.29, 0.717) is 16.7 Å². The van der Waals surface area contributed by atoms with E-state index in [1.165, 1.54) is 6.07 Å². The predicted molar refractivity (Wildman–Crippen MR) is 75.9 cm³/mol. The summed E-state index contributed by atoms with van der Waals surface area (Å²) >= 11 is 7.00. The van der Waals surface area contributed by atoms with Gasteiger partial charge in [0.1, 0.15) is 5.82 Å². The molecule has 20 heavy (non-hydrogen) atoms. The van der Waals surface area contributed by atoms with Crippen LogP contribution in [0.3, 0.4) is 0 Å². The third-order valence-electron chi connectivity index (χ3n) is 3.46. The Kier molecular flexibility index (Phi) is 3.60. The lowest BCUT2D eigenvalue weighted by Crippen LogP contribution is -2.18. The van der Waals surface area contributed by atoms with Crippen LogP contribution in [-0.2, 0) is 4.79 Å². The van der Waals surface area contributed by atoms with Crippen molar-refractivity contribution in [3.8, 4) is 0 Å². The standard InChI is InChI=1S/C13H12ClFN2O2S/c14-8-4-11-10(5-9(8)15)16-13(20-6-12(18)19)17(11)7-2-1-3-7/h4-5,7H,1-3,6H2,(H,18,19). The van der Waals surface area contributed by atoms with Crippen LogP contribution in [0.15, 0.2) is 17.3 Å². The summed E-state index contributed by atoms with van der Waals surface area (Å²) in [7, 11) is 0. The van der Waals surface area contributed by atoms with Crippen LogP contribution in [0.4, 0.5) is 4.39 Å². The van der Waals surface area contributed by atoms with Gasteiger partial charge in [0, 0.05) is 12.1 Å². The smallest absolute Gasteiger partial charge is 0.313 e. The highest BCUT2D eigenvalue weighted by Crippen LogP contribution is 2.39. The molecule has 1 N–H and O–H groups in total. The molecule has 0 aliphatic heterocycles. The largest absolute Gasteiger partial charge is 0.481 e. The molecule has 1 heterocycles. The highest BCUT2D eigenvalue weighted by molar-refractivity contribution is 7.99. The molecule has 1 aliphatic rings. The van der Waals surface area contributed by atoms with Gasteiger partial charge < -0.3 is 9.67 Å². The van der Waals surface area contributed by atoms with Gasteiger partial charge >= 0.3 is 5.97 Å². The van der Waals surface area contributed by atoms with Crippen molar-refractivity contribution in [2.45, 2.75) is 30.5 Å². The van der Waals surface area contributed by atoms with Gasteiger partial charge in [-0.1, -0.05) is 23.4 Å². The summed E-state index contributed by atoms with van der Waals surface area (Å²) in [5.41, 5.74) is 1.29. The molecule has 1 aliphatic carbocycles. The number of fused-ring (bicyclic) bond motifs is 1. The van der Waals surface area contributed by atoms with Crippen LogP contribution in [-0.4, -0.2) is 26.4 Å². The number of halogens is 2. The molecule has 106 valence electrons. The molecule has 0 bridgehead atoms. The fourth-order valence-electron chi connectivity index (χ4n) is 2.29. The lowest BCUT2D eigenvalue weighted by molar-refractivity contribution is -0.133. The molecular formula is C13H12ClFN2O2S. The number of rotatable bonds is 4. The van der Waals surface area contributed by atoms with Crippen LogP contribution in [0, 0.1) is 5.82 Å². The second kappa shape index (κ2) is 5.26. The summed E-state index contributed by atoms with van der Waals surface area (Å²) in [6.45, 7) is 0. The molecule has 2 aromatic rings. The number of hydrogen-bond acceptors (Lipinski definition) is 3. The monoisotopic (exact) mass is 314 g/mol. The van der Waals surface area contributed by atoms with Crippen molar-refractivity contribution < 1.29 is 14.3 Å². The second-order valence-corrected chi connectivity index (χ2v) is 6.14. The Labute approximate surface area is 123 Å². The first kappa shape index (κ1) is 13.7. The van der Waals surface area contributed by atoms with Crippen molar-refractivity contribution in [3.05, 3.63) is 23.0 Å². The molecule has 0 spiro atoms. The first-order valence-corrected chi connectivity index (χ1v) is 7.64. The SMILES string of the molecule is O=C(O)CSc1nc2cc(F)c(Cl)cc2n1C1CCC1. The second-order valence-electron chi connectivity index (χ2n) is 4.79. The minimum absolute atomic E-state index is 0.0627. The fraction of sp³-hybridized carbons (Fsp3) is 0.385. The third-order valence-corrected chi connectivity index (χ3v) is 4.69. The molecular weight excluding hydrogens is 303 g/mol. The topological polar surface area (TPSA) is 55.1 Å². The Balaban J connectivity index is 2.09. The van der Waals surface area contributed by atoms with Crippen LogP contribution >= 0.6 is 23.4 Å². The maximum atomic E-state index is 13.5. The first-order valence-electron chi connectivity index (χ1n) is 6.28. The zero-order valence-corrected chi connectivity index (χ0v) is 12.0. The van der Waals surface area contributed by atoms with E-state index in [1.54, 1.807) is 6.07 Å². The Morgan fingerprint density at radius 2 is 2.30 bits per heavy atom. The quantitative estimate of drug-likeness (QED) is 0.874. The molecule has 0 unspecified atom stereocenters. The van der Waals surface area contributed by atoms with Crippen molar-refractivity contribution in [1.82, 2.24) is 9.55 Å². The van der Waals surface area contributed by atoms with Crippen LogP contribution in [0.2, 0.25) is 5.02 Å². The van der Waals surface area contributed by atoms with Gasteiger partial charge in [0.2, 0.25) is 0 Å². The van der Waals surface area contributed by atoms with Crippen LogP contribution in [0.1, 0.15) is 25.3 Å². The summed E-state index contributed by atoms with van der Waals surface area (Å²) in [5.74, 6) is -1.47. The molecule has 1 aromatic carbocycles. The minimum atomic E-state index is -0.897.